The van der Waals surface area contributed by atoms with Crippen LogP contribution in [0.5, 0.6) is 5.95 Å². The molecule has 14 heavy (non-hydrogen) atoms. The Bertz CT molecular complexity index is 256. The maximum atomic E-state index is 10.0. The minimum absolute atomic E-state index is 0.0208. The third-order valence-corrected chi connectivity index (χ3v) is 1.51. The van der Waals surface area contributed by atoms with Gasteiger partial charge < -0.3 is 20.4 Å². The van der Waals surface area contributed by atoms with Crippen LogP contribution in [0, 0.1) is 5.92 Å². The zero-order valence-corrected chi connectivity index (χ0v) is 8.18. The van der Waals surface area contributed by atoms with Crippen molar-refractivity contribution in [1.82, 2.24) is 0 Å². The maximum absolute atomic E-state index is 10.0. The topological polar surface area (TPSA) is 96.7 Å². The van der Waals surface area contributed by atoms with Crippen LogP contribution in [0.3, 0.4) is 0 Å². The smallest absolute Gasteiger partial charge is 0.320 e. The number of nitrogens with two attached hydrogens (primary N) is 1. The number of carboxylic acid groups (broad SMARTS) is 1. The molecule has 1 aromatic heterocycles. The highest BCUT2D eigenvalue weighted by Gasteiger charge is 2.14. The molecule has 0 saturated heterocycles. The first-order chi connectivity index (χ1) is 6.45. The molecule has 1 atom stereocenters. The fourth-order valence-electron chi connectivity index (χ4n) is 0.555. The quantitative estimate of drug-likeness (QED) is 0.664. The normalized spacial score (nSPS) is 11.7. The van der Waals surface area contributed by atoms with Gasteiger partial charge in [0, 0.05) is 6.07 Å². The summed E-state index contributed by atoms with van der Waals surface area (Å²) in [6, 6.07) is 2.38. The van der Waals surface area contributed by atoms with Gasteiger partial charge in [-0.1, -0.05) is 13.8 Å². The molecule has 0 saturated carbocycles. The number of aromatic hydroxyl groups is 1. The highest BCUT2D eigenvalue weighted by molar-refractivity contribution is 5.73. The van der Waals surface area contributed by atoms with Gasteiger partial charge in [-0.3, -0.25) is 4.79 Å². The largest absolute Gasteiger partial charge is 0.481 e. The molecule has 0 aromatic carbocycles. The second kappa shape index (κ2) is 6.04. The summed E-state index contributed by atoms with van der Waals surface area (Å²) < 4.78 is 4.39. The molecule has 0 aliphatic heterocycles. The predicted molar refractivity (Wildman–Crippen MR) is 50.8 cm³/mol. The Morgan fingerprint density at radius 3 is 2.21 bits per heavy atom. The molecule has 0 amide bonds. The number of rotatable bonds is 2. The zero-order chi connectivity index (χ0) is 11.1. The maximum Gasteiger partial charge on any atom is 0.320 e. The van der Waals surface area contributed by atoms with E-state index in [-0.39, 0.29) is 11.9 Å². The first-order valence-electron chi connectivity index (χ1n) is 4.16. The van der Waals surface area contributed by atoms with E-state index in [0.29, 0.717) is 0 Å². The molecule has 5 heteroatoms. The summed E-state index contributed by atoms with van der Waals surface area (Å²) in [5, 5.41) is 16.5. The van der Waals surface area contributed by atoms with Crippen molar-refractivity contribution < 1.29 is 19.4 Å². The summed E-state index contributed by atoms with van der Waals surface area (Å²) in [5.41, 5.74) is 5.16. The van der Waals surface area contributed by atoms with E-state index in [1.54, 1.807) is 19.9 Å². The fraction of sp³-hybridized carbons (Fsp3) is 0.444. The Morgan fingerprint density at radius 2 is 2.14 bits per heavy atom. The van der Waals surface area contributed by atoms with Gasteiger partial charge in [-0.2, -0.15) is 0 Å². The number of carbonyl (C=O) groups is 1. The van der Waals surface area contributed by atoms with Crippen molar-refractivity contribution in [2.24, 2.45) is 11.7 Å². The lowest BCUT2D eigenvalue weighted by molar-refractivity contribution is -0.139. The minimum atomic E-state index is -0.931. The summed E-state index contributed by atoms with van der Waals surface area (Å²) in [6.45, 7) is 3.55. The van der Waals surface area contributed by atoms with Crippen LogP contribution in [-0.4, -0.2) is 22.2 Å². The zero-order valence-electron chi connectivity index (χ0n) is 8.18. The van der Waals surface area contributed by atoms with Gasteiger partial charge in [-0.05, 0) is 12.0 Å². The monoisotopic (exact) mass is 201 g/mol. The molecule has 4 N–H and O–H groups in total. The van der Waals surface area contributed by atoms with Gasteiger partial charge in [0.15, 0.2) is 0 Å². The molecule has 1 heterocycles. The van der Waals surface area contributed by atoms with Crippen molar-refractivity contribution >= 4 is 5.97 Å². The SMILES string of the molecule is CC(C)[C@H](N)C(=O)O.Oc1ccco1. The Morgan fingerprint density at radius 1 is 1.57 bits per heavy atom. The van der Waals surface area contributed by atoms with Crippen LogP contribution in [0.25, 0.3) is 0 Å². The van der Waals surface area contributed by atoms with Crippen LogP contribution in [0.15, 0.2) is 22.8 Å². The molecule has 0 aliphatic rings. The van der Waals surface area contributed by atoms with Gasteiger partial charge in [-0.15, -0.1) is 0 Å². The lowest BCUT2D eigenvalue weighted by atomic mass is 10.1. The molecule has 0 spiro atoms. The molecule has 0 radical (unpaired) electrons. The number of carboxylic acids is 1. The summed E-state index contributed by atoms with van der Waals surface area (Å²) in [4.78, 5) is 10.0. The Balaban J connectivity index is 0.000000249. The molecular weight excluding hydrogens is 186 g/mol. The van der Waals surface area contributed by atoms with Crippen molar-refractivity contribution in [3.05, 3.63) is 18.4 Å². The summed E-state index contributed by atoms with van der Waals surface area (Å²) in [5.74, 6) is -0.942. The van der Waals surface area contributed by atoms with E-state index in [9.17, 15) is 4.79 Å². The summed E-state index contributed by atoms with van der Waals surface area (Å²) >= 11 is 0. The van der Waals surface area contributed by atoms with Crippen molar-refractivity contribution in [3.8, 4) is 5.95 Å². The van der Waals surface area contributed by atoms with Crippen LogP contribution in [0.2, 0.25) is 0 Å². The standard InChI is InChI=1S/C5H11NO2.C4H4O2/c1-3(2)4(6)5(7)8;5-4-2-1-3-6-4/h3-4H,6H2,1-2H3,(H,7,8);1-3,5H/t4-;/m0./s1. The van der Waals surface area contributed by atoms with E-state index in [2.05, 4.69) is 4.42 Å². The van der Waals surface area contributed by atoms with E-state index in [1.807, 2.05) is 0 Å². The van der Waals surface area contributed by atoms with Crippen molar-refractivity contribution in [2.75, 3.05) is 0 Å². The second-order valence-electron chi connectivity index (χ2n) is 3.06. The Hall–Kier alpha value is -1.49. The van der Waals surface area contributed by atoms with Crippen LogP contribution >= 0.6 is 0 Å². The van der Waals surface area contributed by atoms with Gasteiger partial charge >= 0.3 is 5.97 Å². The number of furan rings is 1. The van der Waals surface area contributed by atoms with Gasteiger partial charge in [0.05, 0.1) is 6.26 Å². The third-order valence-electron chi connectivity index (χ3n) is 1.51. The molecule has 0 bridgehead atoms. The fourth-order valence-corrected chi connectivity index (χ4v) is 0.555. The number of aliphatic carboxylic acids is 1. The summed E-state index contributed by atoms with van der Waals surface area (Å²) in [6.07, 6.45) is 1.41. The molecular formula is C9H15NO4. The van der Waals surface area contributed by atoms with Gasteiger partial charge in [-0.25, -0.2) is 0 Å². The average molecular weight is 201 g/mol. The Labute approximate surface area is 82.1 Å². The molecule has 0 unspecified atom stereocenters. The van der Waals surface area contributed by atoms with Crippen molar-refractivity contribution in [2.45, 2.75) is 19.9 Å². The van der Waals surface area contributed by atoms with Crippen LogP contribution < -0.4 is 5.73 Å². The van der Waals surface area contributed by atoms with Crippen LogP contribution in [-0.2, 0) is 4.79 Å². The third kappa shape index (κ3) is 5.21. The van der Waals surface area contributed by atoms with E-state index in [4.69, 9.17) is 15.9 Å². The predicted octanol–water partition coefficient (Wildman–Crippen LogP) is 1.04. The molecule has 80 valence electrons. The van der Waals surface area contributed by atoms with E-state index >= 15 is 0 Å². The van der Waals surface area contributed by atoms with Crippen LogP contribution in [0.1, 0.15) is 13.8 Å². The van der Waals surface area contributed by atoms with Crippen molar-refractivity contribution in [3.63, 3.8) is 0 Å². The molecule has 1 aromatic rings. The van der Waals surface area contributed by atoms with Crippen LogP contribution in [0.4, 0.5) is 0 Å². The number of hydrogen-bond donors (Lipinski definition) is 3. The first-order valence-corrected chi connectivity index (χ1v) is 4.16. The lowest BCUT2D eigenvalue weighted by Gasteiger charge is -2.07. The lowest BCUT2D eigenvalue weighted by Crippen LogP contribution is -2.34. The molecule has 5 nitrogen and oxygen atoms in total. The highest BCUT2D eigenvalue weighted by atomic mass is 16.5. The average Bonchev–Trinajstić information content (AvgIpc) is 2.55. The van der Waals surface area contributed by atoms with E-state index in [0.717, 1.165) is 0 Å². The molecule has 0 fully saturated rings. The minimum Gasteiger partial charge on any atom is -0.481 e. The van der Waals surface area contributed by atoms with Gasteiger partial charge in [0.25, 0.3) is 5.95 Å². The Kier molecular flexibility index (Phi) is 5.40. The first kappa shape index (κ1) is 12.5. The van der Waals surface area contributed by atoms with E-state index < -0.39 is 12.0 Å². The van der Waals surface area contributed by atoms with Gasteiger partial charge in [0.2, 0.25) is 0 Å². The highest BCUT2D eigenvalue weighted by Crippen LogP contribution is 2.04. The summed E-state index contributed by atoms with van der Waals surface area (Å²) in [7, 11) is 0. The number of hydrogen-bond acceptors (Lipinski definition) is 4. The van der Waals surface area contributed by atoms with Gasteiger partial charge in [0.1, 0.15) is 6.04 Å². The molecule has 0 aliphatic carbocycles. The molecule has 1 rings (SSSR count). The van der Waals surface area contributed by atoms with E-state index in [1.165, 1.54) is 12.3 Å². The van der Waals surface area contributed by atoms with Crippen molar-refractivity contribution in [1.29, 1.82) is 0 Å². The second-order valence-corrected chi connectivity index (χ2v) is 3.06.